The number of furan rings is 1. The van der Waals surface area contributed by atoms with Gasteiger partial charge in [0, 0.05) is 16.1 Å². The van der Waals surface area contributed by atoms with Gasteiger partial charge in [0.25, 0.3) is 0 Å². The Bertz CT molecular complexity index is 953. The first kappa shape index (κ1) is 13.8. The van der Waals surface area contributed by atoms with Crippen molar-refractivity contribution in [2.24, 2.45) is 0 Å². The highest BCUT2D eigenvalue weighted by Crippen LogP contribution is 2.29. The van der Waals surface area contributed by atoms with Crippen LogP contribution in [0.15, 0.2) is 71.3 Å². The smallest absolute Gasteiger partial charge is 0.198 e. The number of nitrogens with one attached hydrogen (secondary N) is 1. The van der Waals surface area contributed by atoms with E-state index in [1.807, 2.05) is 60.7 Å². The summed E-state index contributed by atoms with van der Waals surface area (Å²) in [4.78, 5) is 9.16. The Balaban J connectivity index is 1.90. The Kier molecular flexibility index (Phi) is 3.44. The molecule has 0 saturated heterocycles. The SMILES string of the molecule is Clc1ccc2c(Nc3ccccc3)nc(-c3ccco3)nc2c1. The second kappa shape index (κ2) is 5.74. The average Bonchev–Trinajstić information content (AvgIpc) is 3.10. The van der Waals surface area contributed by atoms with Crippen LogP contribution in [-0.2, 0) is 0 Å². The molecule has 0 aliphatic heterocycles. The minimum atomic E-state index is 0.517. The van der Waals surface area contributed by atoms with Crippen LogP contribution in [0.1, 0.15) is 0 Å². The molecule has 4 rings (SSSR count). The molecule has 0 spiro atoms. The maximum Gasteiger partial charge on any atom is 0.198 e. The first-order valence-electron chi connectivity index (χ1n) is 7.13. The summed E-state index contributed by atoms with van der Waals surface area (Å²) in [5.74, 6) is 1.84. The van der Waals surface area contributed by atoms with E-state index in [1.165, 1.54) is 0 Å². The molecular weight excluding hydrogens is 310 g/mol. The standard InChI is InChI=1S/C18H12ClN3O/c19-12-8-9-14-15(11-12)21-18(16-7-4-10-23-16)22-17(14)20-13-5-2-1-3-6-13/h1-11H,(H,20,21,22). The number of hydrogen-bond donors (Lipinski definition) is 1. The molecule has 0 unspecified atom stereocenters. The van der Waals surface area contributed by atoms with E-state index in [1.54, 1.807) is 6.26 Å². The van der Waals surface area contributed by atoms with Crippen LogP contribution in [0.3, 0.4) is 0 Å². The highest BCUT2D eigenvalue weighted by atomic mass is 35.5. The lowest BCUT2D eigenvalue weighted by atomic mass is 10.2. The second-order valence-corrected chi connectivity index (χ2v) is 5.46. The van der Waals surface area contributed by atoms with Crippen molar-refractivity contribution in [1.82, 2.24) is 9.97 Å². The fraction of sp³-hybridized carbons (Fsp3) is 0. The largest absolute Gasteiger partial charge is 0.461 e. The molecule has 0 bridgehead atoms. The lowest BCUT2D eigenvalue weighted by molar-refractivity contribution is 0.577. The molecule has 0 radical (unpaired) electrons. The van der Waals surface area contributed by atoms with Gasteiger partial charge in [-0.25, -0.2) is 9.97 Å². The summed E-state index contributed by atoms with van der Waals surface area (Å²) in [6.07, 6.45) is 1.60. The summed E-state index contributed by atoms with van der Waals surface area (Å²) in [7, 11) is 0. The van der Waals surface area contributed by atoms with Gasteiger partial charge in [0.2, 0.25) is 0 Å². The van der Waals surface area contributed by atoms with Gasteiger partial charge in [-0.3, -0.25) is 0 Å². The molecule has 0 amide bonds. The van der Waals surface area contributed by atoms with Crippen LogP contribution in [0.2, 0.25) is 5.02 Å². The molecule has 0 aliphatic carbocycles. The van der Waals surface area contributed by atoms with Crippen molar-refractivity contribution >= 4 is 34.0 Å². The maximum absolute atomic E-state index is 6.10. The summed E-state index contributed by atoms with van der Waals surface area (Å²) in [5.41, 5.74) is 1.71. The highest BCUT2D eigenvalue weighted by molar-refractivity contribution is 6.31. The summed E-state index contributed by atoms with van der Waals surface area (Å²) in [6.45, 7) is 0. The third-order valence-electron chi connectivity index (χ3n) is 3.44. The molecule has 0 fully saturated rings. The lowest BCUT2D eigenvalue weighted by Gasteiger charge is -2.10. The summed E-state index contributed by atoms with van der Waals surface area (Å²) in [6, 6.07) is 19.1. The number of rotatable bonds is 3. The van der Waals surface area contributed by atoms with Gasteiger partial charge in [0.15, 0.2) is 11.6 Å². The Morgan fingerprint density at radius 2 is 1.78 bits per heavy atom. The van der Waals surface area contributed by atoms with E-state index < -0.39 is 0 Å². The fourth-order valence-electron chi connectivity index (χ4n) is 2.37. The molecule has 4 aromatic rings. The Morgan fingerprint density at radius 3 is 2.57 bits per heavy atom. The summed E-state index contributed by atoms with van der Waals surface area (Å²) >= 11 is 6.10. The lowest BCUT2D eigenvalue weighted by Crippen LogP contribution is -1.99. The van der Waals surface area contributed by atoms with E-state index in [0.29, 0.717) is 22.4 Å². The minimum absolute atomic E-state index is 0.517. The molecule has 112 valence electrons. The predicted molar refractivity (Wildman–Crippen MR) is 92.0 cm³/mol. The van der Waals surface area contributed by atoms with Crippen molar-refractivity contribution in [1.29, 1.82) is 0 Å². The molecular formula is C18H12ClN3O. The highest BCUT2D eigenvalue weighted by Gasteiger charge is 2.12. The quantitative estimate of drug-likeness (QED) is 0.557. The van der Waals surface area contributed by atoms with Gasteiger partial charge in [0.1, 0.15) is 5.82 Å². The number of aromatic nitrogens is 2. The van der Waals surface area contributed by atoms with Gasteiger partial charge in [0.05, 0.1) is 11.8 Å². The molecule has 2 aromatic carbocycles. The number of hydrogen-bond acceptors (Lipinski definition) is 4. The van der Waals surface area contributed by atoms with Gasteiger partial charge < -0.3 is 9.73 Å². The predicted octanol–water partition coefficient (Wildman–Crippen LogP) is 5.29. The van der Waals surface area contributed by atoms with Crippen molar-refractivity contribution in [3.63, 3.8) is 0 Å². The van der Waals surface area contributed by atoms with Gasteiger partial charge >= 0.3 is 0 Å². The van der Waals surface area contributed by atoms with E-state index in [-0.39, 0.29) is 0 Å². The summed E-state index contributed by atoms with van der Waals surface area (Å²) < 4.78 is 5.42. The first-order valence-corrected chi connectivity index (χ1v) is 7.51. The topological polar surface area (TPSA) is 51.0 Å². The Labute approximate surface area is 137 Å². The van der Waals surface area contributed by atoms with Crippen LogP contribution in [0.4, 0.5) is 11.5 Å². The van der Waals surface area contributed by atoms with E-state index in [0.717, 1.165) is 16.6 Å². The molecule has 0 saturated carbocycles. The fourth-order valence-corrected chi connectivity index (χ4v) is 2.54. The van der Waals surface area contributed by atoms with Crippen molar-refractivity contribution in [2.75, 3.05) is 5.32 Å². The van der Waals surface area contributed by atoms with Gasteiger partial charge in [-0.05, 0) is 42.5 Å². The molecule has 0 aliphatic rings. The number of fused-ring (bicyclic) bond motifs is 1. The normalized spacial score (nSPS) is 10.8. The van der Waals surface area contributed by atoms with Crippen molar-refractivity contribution in [3.8, 4) is 11.6 Å². The molecule has 4 nitrogen and oxygen atoms in total. The van der Waals surface area contributed by atoms with E-state index >= 15 is 0 Å². The van der Waals surface area contributed by atoms with E-state index in [9.17, 15) is 0 Å². The average molecular weight is 322 g/mol. The van der Waals surface area contributed by atoms with Crippen molar-refractivity contribution in [2.45, 2.75) is 0 Å². The van der Waals surface area contributed by atoms with Crippen LogP contribution in [0.5, 0.6) is 0 Å². The first-order chi connectivity index (χ1) is 11.3. The Hall–Kier alpha value is -2.85. The molecule has 1 N–H and O–H groups in total. The van der Waals surface area contributed by atoms with Crippen LogP contribution >= 0.6 is 11.6 Å². The molecule has 5 heteroatoms. The summed E-state index contributed by atoms with van der Waals surface area (Å²) in [5, 5.41) is 4.86. The van der Waals surface area contributed by atoms with E-state index in [2.05, 4.69) is 15.3 Å². The zero-order chi connectivity index (χ0) is 15.6. The zero-order valence-electron chi connectivity index (χ0n) is 12.0. The van der Waals surface area contributed by atoms with Crippen LogP contribution in [0.25, 0.3) is 22.5 Å². The number of nitrogens with zero attached hydrogens (tertiary/aromatic N) is 2. The second-order valence-electron chi connectivity index (χ2n) is 5.03. The third kappa shape index (κ3) is 2.76. The minimum Gasteiger partial charge on any atom is -0.461 e. The monoisotopic (exact) mass is 321 g/mol. The Morgan fingerprint density at radius 1 is 0.913 bits per heavy atom. The van der Waals surface area contributed by atoms with Crippen LogP contribution in [0, 0.1) is 0 Å². The molecule has 2 aromatic heterocycles. The number of benzene rings is 2. The van der Waals surface area contributed by atoms with Gasteiger partial charge in [-0.15, -0.1) is 0 Å². The zero-order valence-corrected chi connectivity index (χ0v) is 12.8. The number of anilines is 2. The van der Waals surface area contributed by atoms with Gasteiger partial charge in [-0.1, -0.05) is 29.8 Å². The van der Waals surface area contributed by atoms with Crippen LogP contribution < -0.4 is 5.32 Å². The number of halogens is 1. The molecule has 23 heavy (non-hydrogen) atoms. The van der Waals surface area contributed by atoms with E-state index in [4.69, 9.17) is 16.0 Å². The third-order valence-corrected chi connectivity index (χ3v) is 3.67. The van der Waals surface area contributed by atoms with Crippen molar-refractivity contribution < 1.29 is 4.42 Å². The molecule has 2 heterocycles. The van der Waals surface area contributed by atoms with Crippen LogP contribution in [-0.4, -0.2) is 9.97 Å². The van der Waals surface area contributed by atoms with Gasteiger partial charge in [-0.2, -0.15) is 0 Å². The maximum atomic E-state index is 6.10. The van der Waals surface area contributed by atoms with Crippen molar-refractivity contribution in [3.05, 3.63) is 71.9 Å². The number of para-hydroxylation sites is 1. The molecule has 0 atom stereocenters.